The van der Waals surface area contributed by atoms with Crippen LogP contribution in [0.5, 0.6) is 0 Å². The summed E-state index contributed by atoms with van der Waals surface area (Å²) < 4.78 is 0. The van der Waals surface area contributed by atoms with Gasteiger partial charge in [-0.15, -0.1) is 0 Å². The van der Waals surface area contributed by atoms with Gasteiger partial charge in [-0.1, -0.05) is 0 Å². The van der Waals surface area contributed by atoms with Crippen molar-refractivity contribution in [2.45, 2.75) is 45.1 Å². The number of hydrogen-bond acceptors (Lipinski definition) is 3. The van der Waals surface area contributed by atoms with Gasteiger partial charge < -0.3 is 10.0 Å². The molecule has 108 valence electrons. The highest BCUT2D eigenvalue weighted by Crippen LogP contribution is 2.30. The van der Waals surface area contributed by atoms with E-state index in [1.54, 1.807) is 0 Å². The van der Waals surface area contributed by atoms with Crippen LogP contribution < -0.4 is 0 Å². The largest absolute Gasteiger partial charge is 0.480 e. The summed E-state index contributed by atoms with van der Waals surface area (Å²) in [6, 6.07) is -0.310. The maximum absolute atomic E-state index is 12.4. The standard InChI is InChI=1S/C14H24N2O3/c1-11(14(19)15-7-3-2-4-8-15)16(10-13(17)18)9-12-5-6-12/h11-12H,2-10H2,1H3,(H,17,18). The Morgan fingerprint density at radius 3 is 2.42 bits per heavy atom. The molecule has 19 heavy (non-hydrogen) atoms. The Bertz CT molecular complexity index is 336. The number of rotatable bonds is 6. The minimum absolute atomic E-state index is 0.0305. The second-order valence-electron chi connectivity index (χ2n) is 5.83. The fourth-order valence-electron chi connectivity index (χ4n) is 2.70. The molecule has 1 aliphatic heterocycles. The third kappa shape index (κ3) is 4.20. The molecule has 1 N–H and O–H groups in total. The normalized spacial score (nSPS) is 21.5. The zero-order valence-electron chi connectivity index (χ0n) is 11.7. The molecule has 5 heteroatoms. The number of nitrogens with zero attached hydrogens (tertiary/aromatic N) is 2. The molecule has 0 spiro atoms. The molecule has 1 saturated heterocycles. The molecule has 1 heterocycles. The van der Waals surface area contributed by atoms with Gasteiger partial charge in [0.1, 0.15) is 0 Å². The predicted molar refractivity (Wildman–Crippen MR) is 71.8 cm³/mol. The lowest BCUT2D eigenvalue weighted by Gasteiger charge is -2.33. The van der Waals surface area contributed by atoms with Crippen LogP contribution in [0.2, 0.25) is 0 Å². The van der Waals surface area contributed by atoms with Crippen LogP contribution in [-0.2, 0) is 9.59 Å². The first-order chi connectivity index (χ1) is 9.08. The van der Waals surface area contributed by atoms with Crippen LogP contribution in [0.25, 0.3) is 0 Å². The molecule has 1 unspecified atom stereocenters. The lowest BCUT2D eigenvalue weighted by atomic mass is 10.1. The fourth-order valence-corrected chi connectivity index (χ4v) is 2.70. The molecule has 2 rings (SSSR count). The van der Waals surface area contributed by atoms with E-state index in [9.17, 15) is 9.59 Å². The van der Waals surface area contributed by atoms with E-state index in [2.05, 4.69) is 0 Å². The van der Waals surface area contributed by atoms with Crippen LogP contribution in [0.1, 0.15) is 39.0 Å². The van der Waals surface area contributed by atoms with Crippen molar-refractivity contribution >= 4 is 11.9 Å². The molecular weight excluding hydrogens is 244 g/mol. The van der Waals surface area contributed by atoms with Crippen molar-refractivity contribution in [3.63, 3.8) is 0 Å². The van der Waals surface area contributed by atoms with E-state index in [0.29, 0.717) is 5.92 Å². The molecular formula is C14H24N2O3. The van der Waals surface area contributed by atoms with E-state index < -0.39 is 5.97 Å². The van der Waals surface area contributed by atoms with Crippen LogP contribution in [0.4, 0.5) is 0 Å². The second-order valence-corrected chi connectivity index (χ2v) is 5.83. The maximum Gasteiger partial charge on any atom is 0.317 e. The lowest BCUT2D eigenvalue weighted by Crippen LogP contribution is -2.50. The van der Waals surface area contributed by atoms with E-state index in [0.717, 1.165) is 32.5 Å². The number of amides is 1. The Balaban J connectivity index is 1.93. The van der Waals surface area contributed by atoms with E-state index in [1.165, 1.54) is 19.3 Å². The highest BCUT2D eigenvalue weighted by Gasteiger charge is 2.32. The van der Waals surface area contributed by atoms with E-state index in [-0.39, 0.29) is 18.5 Å². The van der Waals surface area contributed by atoms with Crippen LogP contribution in [0.15, 0.2) is 0 Å². The molecule has 2 fully saturated rings. The molecule has 1 amide bonds. The van der Waals surface area contributed by atoms with E-state index in [4.69, 9.17) is 5.11 Å². The minimum atomic E-state index is -0.848. The molecule has 0 radical (unpaired) electrons. The summed E-state index contributed by atoms with van der Waals surface area (Å²) in [5.41, 5.74) is 0. The van der Waals surface area contributed by atoms with Crippen molar-refractivity contribution in [2.24, 2.45) is 5.92 Å². The van der Waals surface area contributed by atoms with Crippen LogP contribution in [0, 0.1) is 5.92 Å². The molecule has 0 aromatic rings. The van der Waals surface area contributed by atoms with Crippen molar-refractivity contribution in [3.8, 4) is 0 Å². The number of carboxylic acids is 1. The SMILES string of the molecule is CC(C(=O)N1CCCCC1)N(CC(=O)O)CC1CC1. The van der Waals surface area contributed by atoms with Crippen LogP contribution in [0.3, 0.4) is 0 Å². The fraction of sp³-hybridized carbons (Fsp3) is 0.857. The third-order valence-corrected chi connectivity index (χ3v) is 4.10. The number of aliphatic carboxylic acids is 1. The van der Waals surface area contributed by atoms with Gasteiger partial charge in [-0.2, -0.15) is 0 Å². The molecule has 1 atom stereocenters. The molecule has 2 aliphatic rings. The van der Waals surface area contributed by atoms with Gasteiger partial charge in [0.15, 0.2) is 0 Å². The highest BCUT2D eigenvalue weighted by molar-refractivity contribution is 5.82. The summed E-state index contributed by atoms with van der Waals surface area (Å²) >= 11 is 0. The van der Waals surface area contributed by atoms with Gasteiger partial charge in [-0.3, -0.25) is 14.5 Å². The van der Waals surface area contributed by atoms with Crippen molar-refractivity contribution in [3.05, 3.63) is 0 Å². The number of hydrogen-bond donors (Lipinski definition) is 1. The maximum atomic E-state index is 12.4. The average Bonchev–Trinajstić information content (AvgIpc) is 3.21. The quantitative estimate of drug-likeness (QED) is 0.786. The zero-order chi connectivity index (χ0) is 13.8. The van der Waals surface area contributed by atoms with Gasteiger partial charge in [0.2, 0.25) is 5.91 Å². The molecule has 0 bridgehead atoms. The predicted octanol–water partition coefficient (Wildman–Crippen LogP) is 1.18. The lowest BCUT2D eigenvalue weighted by molar-refractivity contribution is -0.142. The van der Waals surface area contributed by atoms with Crippen molar-refractivity contribution in [1.29, 1.82) is 0 Å². The van der Waals surface area contributed by atoms with Crippen molar-refractivity contribution in [1.82, 2.24) is 9.80 Å². The zero-order valence-corrected chi connectivity index (χ0v) is 11.7. The Labute approximate surface area is 114 Å². The van der Waals surface area contributed by atoms with Crippen LogP contribution >= 0.6 is 0 Å². The second kappa shape index (κ2) is 6.37. The molecule has 1 aliphatic carbocycles. The van der Waals surface area contributed by atoms with Gasteiger partial charge in [-0.05, 0) is 44.9 Å². The average molecular weight is 268 g/mol. The third-order valence-electron chi connectivity index (χ3n) is 4.10. The smallest absolute Gasteiger partial charge is 0.317 e. The number of likely N-dealkylation sites (tertiary alicyclic amines) is 1. The Hall–Kier alpha value is -1.10. The summed E-state index contributed by atoms with van der Waals surface area (Å²) in [7, 11) is 0. The van der Waals surface area contributed by atoms with Crippen LogP contribution in [-0.4, -0.2) is 59.0 Å². The first-order valence-corrected chi connectivity index (χ1v) is 7.32. The Morgan fingerprint density at radius 1 is 1.26 bits per heavy atom. The number of carbonyl (C=O) groups excluding carboxylic acids is 1. The molecule has 5 nitrogen and oxygen atoms in total. The summed E-state index contributed by atoms with van der Waals surface area (Å²) in [5, 5.41) is 8.99. The Kier molecular flexibility index (Phi) is 4.80. The summed E-state index contributed by atoms with van der Waals surface area (Å²) in [4.78, 5) is 27.1. The van der Waals surface area contributed by atoms with Gasteiger partial charge in [0.25, 0.3) is 0 Å². The van der Waals surface area contributed by atoms with E-state index >= 15 is 0 Å². The molecule has 0 aromatic carbocycles. The first kappa shape index (κ1) is 14.3. The van der Waals surface area contributed by atoms with Gasteiger partial charge in [-0.25, -0.2) is 0 Å². The monoisotopic (exact) mass is 268 g/mol. The van der Waals surface area contributed by atoms with Gasteiger partial charge in [0.05, 0.1) is 12.6 Å². The summed E-state index contributed by atoms with van der Waals surface area (Å²) in [5.74, 6) is -0.156. The summed E-state index contributed by atoms with van der Waals surface area (Å²) in [6.07, 6.45) is 5.67. The number of carbonyl (C=O) groups is 2. The topological polar surface area (TPSA) is 60.9 Å². The first-order valence-electron chi connectivity index (χ1n) is 7.32. The summed E-state index contributed by atoms with van der Waals surface area (Å²) in [6.45, 7) is 4.22. The molecule has 1 saturated carbocycles. The van der Waals surface area contributed by atoms with E-state index in [1.807, 2.05) is 16.7 Å². The van der Waals surface area contributed by atoms with Crippen molar-refractivity contribution in [2.75, 3.05) is 26.2 Å². The van der Waals surface area contributed by atoms with Gasteiger partial charge in [0, 0.05) is 19.6 Å². The number of piperidine rings is 1. The number of carboxylic acid groups (broad SMARTS) is 1. The van der Waals surface area contributed by atoms with Crippen molar-refractivity contribution < 1.29 is 14.7 Å². The molecule has 0 aromatic heterocycles. The highest BCUT2D eigenvalue weighted by atomic mass is 16.4. The Morgan fingerprint density at radius 2 is 1.89 bits per heavy atom. The van der Waals surface area contributed by atoms with Gasteiger partial charge >= 0.3 is 5.97 Å². The minimum Gasteiger partial charge on any atom is -0.480 e.